The van der Waals surface area contributed by atoms with E-state index >= 15 is 0 Å². The number of nitrogens with zero attached hydrogens (tertiary/aromatic N) is 1. The third kappa shape index (κ3) is 3.15. The highest BCUT2D eigenvalue weighted by Gasteiger charge is 2.27. The highest BCUT2D eigenvalue weighted by molar-refractivity contribution is 5.99. The van der Waals surface area contributed by atoms with Gasteiger partial charge in [0.1, 0.15) is 11.9 Å². The zero-order chi connectivity index (χ0) is 14.8. The van der Waals surface area contributed by atoms with Crippen molar-refractivity contribution < 1.29 is 14.0 Å². The second kappa shape index (κ2) is 5.71. The molecule has 6 heteroatoms. The standard InChI is InChI=1S/C15H18FN3O2/c16-10-7-11(9-12(8-10)19-5-1-2-6-19)17-15(21)13-3-4-14(20)18-13/h7-9,13H,1-6H2,(H,17,21)(H,18,20)/t13-/m1/s1. The second-order valence-corrected chi connectivity index (χ2v) is 5.54. The molecule has 0 saturated carbocycles. The lowest BCUT2D eigenvalue weighted by Gasteiger charge is -2.19. The Bertz CT molecular complexity index is 570. The molecule has 0 unspecified atom stereocenters. The Balaban J connectivity index is 1.72. The molecule has 0 radical (unpaired) electrons. The van der Waals surface area contributed by atoms with E-state index in [0.29, 0.717) is 18.5 Å². The van der Waals surface area contributed by atoms with Gasteiger partial charge in [-0.1, -0.05) is 0 Å². The number of carbonyl (C=O) groups excluding carboxylic acids is 2. The zero-order valence-corrected chi connectivity index (χ0v) is 11.7. The summed E-state index contributed by atoms with van der Waals surface area (Å²) in [4.78, 5) is 25.3. The van der Waals surface area contributed by atoms with Gasteiger partial charge in [0.25, 0.3) is 0 Å². The third-order valence-corrected chi connectivity index (χ3v) is 3.93. The molecule has 0 bridgehead atoms. The van der Waals surface area contributed by atoms with Gasteiger partial charge in [0.15, 0.2) is 0 Å². The van der Waals surface area contributed by atoms with Gasteiger partial charge in [-0.2, -0.15) is 0 Å². The van der Waals surface area contributed by atoms with Crippen molar-refractivity contribution in [3.8, 4) is 0 Å². The molecule has 3 rings (SSSR count). The van der Waals surface area contributed by atoms with Crippen LogP contribution >= 0.6 is 0 Å². The summed E-state index contributed by atoms with van der Waals surface area (Å²) in [6, 6.07) is 4.05. The van der Waals surface area contributed by atoms with Crippen LogP contribution in [0.4, 0.5) is 15.8 Å². The quantitative estimate of drug-likeness (QED) is 0.890. The Labute approximate surface area is 122 Å². The molecule has 2 heterocycles. The lowest BCUT2D eigenvalue weighted by atomic mass is 10.2. The van der Waals surface area contributed by atoms with Crippen molar-refractivity contribution in [2.24, 2.45) is 0 Å². The lowest BCUT2D eigenvalue weighted by Crippen LogP contribution is -2.37. The maximum absolute atomic E-state index is 13.7. The molecule has 5 nitrogen and oxygen atoms in total. The average molecular weight is 291 g/mol. The molecule has 112 valence electrons. The largest absolute Gasteiger partial charge is 0.371 e. The molecule has 2 fully saturated rings. The Morgan fingerprint density at radius 1 is 1.29 bits per heavy atom. The molecule has 2 amide bonds. The monoisotopic (exact) mass is 291 g/mol. The van der Waals surface area contributed by atoms with E-state index < -0.39 is 6.04 Å². The van der Waals surface area contributed by atoms with Crippen LogP contribution in [0.1, 0.15) is 25.7 Å². The Morgan fingerprint density at radius 2 is 2.05 bits per heavy atom. The maximum Gasteiger partial charge on any atom is 0.246 e. The van der Waals surface area contributed by atoms with Crippen molar-refractivity contribution in [3.63, 3.8) is 0 Å². The summed E-state index contributed by atoms with van der Waals surface area (Å²) in [5.74, 6) is -0.781. The van der Waals surface area contributed by atoms with Crippen LogP contribution in [0, 0.1) is 5.82 Å². The first-order valence-electron chi connectivity index (χ1n) is 7.27. The van der Waals surface area contributed by atoms with Crippen LogP contribution in [0.15, 0.2) is 18.2 Å². The third-order valence-electron chi connectivity index (χ3n) is 3.93. The summed E-state index contributed by atoms with van der Waals surface area (Å²) in [5.41, 5.74) is 1.22. The smallest absolute Gasteiger partial charge is 0.246 e. The maximum atomic E-state index is 13.7. The minimum atomic E-state index is -0.518. The first-order valence-corrected chi connectivity index (χ1v) is 7.27. The van der Waals surface area contributed by atoms with Crippen LogP contribution in [0.3, 0.4) is 0 Å². The zero-order valence-electron chi connectivity index (χ0n) is 11.7. The molecule has 2 aliphatic heterocycles. The molecule has 0 aliphatic carbocycles. The first-order chi connectivity index (χ1) is 10.1. The predicted molar refractivity (Wildman–Crippen MR) is 77.6 cm³/mol. The molecule has 1 aromatic carbocycles. The van der Waals surface area contributed by atoms with Crippen LogP contribution in [0.5, 0.6) is 0 Å². The Morgan fingerprint density at radius 3 is 2.71 bits per heavy atom. The van der Waals surface area contributed by atoms with Crippen molar-refractivity contribution in [1.82, 2.24) is 5.32 Å². The van der Waals surface area contributed by atoms with E-state index in [-0.39, 0.29) is 17.6 Å². The van der Waals surface area contributed by atoms with Crippen molar-refractivity contribution in [2.45, 2.75) is 31.7 Å². The molecular formula is C15H18FN3O2. The van der Waals surface area contributed by atoms with Crippen LogP contribution in [0.25, 0.3) is 0 Å². The van der Waals surface area contributed by atoms with E-state index in [2.05, 4.69) is 15.5 Å². The Kier molecular flexibility index (Phi) is 3.77. The molecule has 2 aliphatic rings. The summed E-state index contributed by atoms with van der Waals surface area (Å²) in [6.45, 7) is 1.82. The summed E-state index contributed by atoms with van der Waals surface area (Å²) in [7, 11) is 0. The number of hydrogen-bond acceptors (Lipinski definition) is 3. The first kappa shape index (κ1) is 13.9. The topological polar surface area (TPSA) is 61.4 Å². The molecule has 1 aromatic rings. The van der Waals surface area contributed by atoms with Crippen LogP contribution in [-0.4, -0.2) is 30.9 Å². The molecule has 21 heavy (non-hydrogen) atoms. The number of anilines is 2. The molecule has 1 atom stereocenters. The van der Waals surface area contributed by atoms with Gasteiger partial charge in [0.2, 0.25) is 11.8 Å². The number of rotatable bonds is 3. The summed E-state index contributed by atoms with van der Waals surface area (Å²) in [5, 5.41) is 5.29. The van der Waals surface area contributed by atoms with Crippen molar-refractivity contribution in [3.05, 3.63) is 24.0 Å². The number of nitrogens with one attached hydrogen (secondary N) is 2. The molecule has 0 spiro atoms. The minimum absolute atomic E-state index is 0.118. The molecular weight excluding hydrogens is 273 g/mol. The van der Waals surface area contributed by atoms with E-state index in [1.54, 1.807) is 6.07 Å². The van der Waals surface area contributed by atoms with Gasteiger partial charge in [0, 0.05) is 30.9 Å². The van der Waals surface area contributed by atoms with E-state index in [1.807, 2.05) is 0 Å². The van der Waals surface area contributed by atoms with E-state index in [9.17, 15) is 14.0 Å². The number of carbonyl (C=O) groups is 2. The highest BCUT2D eigenvalue weighted by atomic mass is 19.1. The summed E-state index contributed by atoms with van der Waals surface area (Å²) < 4.78 is 13.7. The fourth-order valence-electron chi connectivity index (χ4n) is 2.84. The van der Waals surface area contributed by atoms with Crippen LogP contribution in [0.2, 0.25) is 0 Å². The van der Waals surface area contributed by atoms with Crippen molar-refractivity contribution in [2.75, 3.05) is 23.3 Å². The number of halogens is 1. The fourth-order valence-corrected chi connectivity index (χ4v) is 2.84. The van der Waals surface area contributed by atoms with Crippen molar-refractivity contribution >= 4 is 23.2 Å². The normalized spacial score (nSPS) is 21.5. The van der Waals surface area contributed by atoms with Gasteiger partial charge >= 0.3 is 0 Å². The van der Waals surface area contributed by atoms with Gasteiger partial charge in [0.05, 0.1) is 0 Å². The van der Waals surface area contributed by atoms with Gasteiger partial charge in [-0.3, -0.25) is 9.59 Å². The molecule has 2 saturated heterocycles. The number of amides is 2. The minimum Gasteiger partial charge on any atom is -0.371 e. The van der Waals surface area contributed by atoms with Crippen molar-refractivity contribution in [1.29, 1.82) is 0 Å². The van der Waals surface area contributed by atoms with Gasteiger partial charge < -0.3 is 15.5 Å². The highest BCUT2D eigenvalue weighted by Crippen LogP contribution is 2.25. The molecule has 2 N–H and O–H groups in total. The van der Waals surface area contributed by atoms with E-state index in [0.717, 1.165) is 31.6 Å². The van der Waals surface area contributed by atoms with E-state index in [1.165, 1.54) is 12.1 Å². The van der Waals surface area contributed by atoms with E-state index in [4.69, 9.17) is 0 Å². The summed E-state index contributed by atoms with van der Waals surface area (Å²) >= 11 is 0. The van der Waals surface area contributed by atoms with Crippen LogP contribution < -0.4 is 15.5 Å². The fraction of sp³-hybridized carbons (Fsp3) is 0.467. The van der Waals surface area contributed by atoms with Gasteiger partial charge in [-0.25, -0.2) is 4.39 Å². The lowest BCUT2D eigenvalue weighted by molar-refractivity contribution is -0.122. The SMILES string of the molecule is O=C1CC[C@H](C(=O)Nc2cc(F)cc(N3CCCC3)c2)N1. The predicted octanol–water partition coefficient (Wildman–Crippen LogP) is 1.64. The number of benzene rings is 1. The van der Waals surface area contributed by atoms with Gasteiger partial charge in [-0.05, 0) is 37.5 Å². The number of hydrogen-bond donors (Lipinski definition) is 2. The average Bonchev–Trinajstić information content (AvgIpc) is 3.08. The van der Waals surface area contributed by atoms with Crippen LogP contribution in [-0.2, 0) is 9.59 Å². The Hall–Kier alpha value is -2.11. The van der Waals surface area contributed by atoms with Gasteiger partial charge in [-0.15, -0.1) is 0 Å². The molecule has 0 aromatic heterocycles. The summed E-state index contributed by atoms with van der Waals surface area (Å²) in [6.07, 6.45) is 3.05. The second-order valence-electron chi connectivity index (χ2n) is 5.54.